The lowest BCUT2D eigenvalue weighted by Crippen LogP contribution is -2.33. The minimum Gasteiger partial charge on any atom is -0.322 e. The molecule has 4 rings (SSSR count). The second kappa shape index (κ2) is 6.87. The van der Waals surface area contributed by atoms with Gasteiger partial charge in [-0.3, -0.25) is 10.00 Å². The number of benzene rings is 1. The summed E-state index contributed by atoms with van der Waals surface area (Å²) in [4.78, 5) is 14.5. The van der Waals surface area contributed by atoms with Crippen molar-refractivity contribution in [3.05, 3.63) is 47.8 Å². The molecule has 1 unspecified atom stereocenters. The summed E-state index contributed by atoms with van der Waals surface area (Å²) in [6.07, 6.45) is 0.905. The van der Waals surface area contributed by atoms with Gasteiger partial charge in [-0.1, -0.05) is 34.8 Å². The van der Waals surface area contributed by atoms with E-state index in [0.717, 1.165) is 23.4 Å². The van der Waals surface area contributed by atoms with Crippen LogP contribution in [0.4, 0.5) is 9.80 Å². The van der Waals surface area contributed by atoms with Gasteiger partial charge in [0, 0.05) is 35.9 Å². The molecule has 1 saturated heterocycles. The first-order chi connectivity index (χ1) is 12.6. The number of nitrogens with zero attached hydrogens (tertiary/aromatic N) is 5. The highest BCUT2D eigenvalue weighted by Crippen LogP contribution is 2.30. The van der Waals surface area contributed by atoms with E-state index in [1.54, 1.807) is 0 Å². The Kier molecular flexibility index (Phi) is 4.42. The van der Waals surface area contributed by atoms with Gasteiger partial charge in [0.1, 0.15) is 10.7 Å². The molecule has 26 heavy (non-hydrogen) atoms. The summed E-state index contributed by atoms with van der Waals surface area (Å²) < 4.78 is 6.03. The second-order valence-corrected chi connectivity index (χ2v) is 7.26. The highest BCUT2D eigenvalue weighted by atomic mass is 32.1. The lowest BCUT2D eigenvalue weighted by atomic mass is 10.2. The summed E-state index contributed by atoms with van der Waals surface area (Å²) in [5, 5.41) is 12.4. The minimum absolute atomic E-state index is 0.114. The summed E-state index contributed by atoms with van der Waals surface area (Å²) in [7, 11) is 0. The van der Waals surface area contributed by atoms with Crippen LogP contribution >= 0.6 is 11.5 Å². The van der Waals surface area contributed by atoms with E-state index in [4.69, 9.17) is 0 Å². The van der Waals surface area contributed by atoms with Crippen molar-refractivity contribution in [3.8, 4) is 11.3 Å². The first-order valence-corrected chi connectivity index (χ1v) is 9.35. The predicted octanol–water partition coefficient (Wildman–Crippen LogP) is 3.50. The van der Waals surface area contributed by atoms with E-state index in [2.05, 4.69) is 33.0 Å². The molecule has 2 amide bonds. The third kappa shape index (κ3) is 3.20. The molecule has 0 saturated carbocycles. The predicted molar refractivity (Wildman–Crippen MR) is 101 cm³/mol. The smallest absolute Gasteiger partial charge is 0.322 e. The Bertz CT molecular complexity index is 919. The van der Waals surface area contributed by atoms with Crippen LogP contribution in [0.1, 0.15) is 23.9 Å². The summed E-state index contributed by atoms with van der Waals surface area (Å²) >= 11 is 1.20. The second-order valence-electron chi connectivity index (χ2n) is 6.51. The van der Waals surface area contributed by atoms with E-state index in [0.29, 0.717) is 23.8 Å². The van der Waals surface area contributed by atoms with Crippen LogP contribution in [0, 0.1) is 13.8 Å². The number of aryl methyl sites for hydroxylation is 2. The van der Waals surface area contributed by atoms with E-state index >= 15 is 0 Å². The number of anilines is 1. The number of aromatic nitrogens is 4. The maximum Gasteiger partial charge on any atom is 0.322 e. The van der Waals surface area contributed by atoms with Gasteiger partial charge in [0.2, 0.25) is 0 Å². The molecule has 7 nitrogen and oxygen atoms in total. The molecule has 0 radical (unpaired) electrons. The Morgan fingerprint density at radius 2 is 2.08 bits per heavy atom. The lowest BCUT2D eigenvalue weighted by Gasteiger charge is -2.17. The van der Waals surface area contributed by atoms with Crippen LogP contribution in [0.5, 0.6) is 0 Å². The van der Waals surface area contributed by atoms with Crippen LogP contribution in [-0.2, 0) is 0 Å². The van der Waals surface area contributed by atoms with Gasteiger partial charge in [0.25, 0.3) is 0 Å². The van der Waals surface area contributed by atoms with Crippen LogP contribution in [0.2, 0.25) is 0 Å². The van der Waals surface area contributed by atoms with Crippen LogP contribution in [0.25, 0.3) is 11.3 Å². The Morgan fingerprint density at radius 1 is 1.27 bits per heavy atom. The molecule has 0 spiro atoms. The van der Waals surface area contributed by atoms with Crippen LogP contribution in [-0.4, -0.2) is 43.4 Å². The summed E-state index contributed by atoms with van der Waals surface area (Å²) in [5.41, 5.74) is 3.79. The molecule has 1 aliphatic rings. The molecule has 2 aromatic heterocycles. The van der Waals surface area contributed by atoms with Crippen molar-refractivity contribution in [1.29, 1.82) is 0 Å². The third-order valence-electron chi connectivity index (χ3n) is 4.60. The van der Waals surface area contributed by atoms with Crippen molar-refractivity contribution >= 4 is 22.6 Å². The van der Waals surface area contributed by atoms with Gasteiger partial charge in [-0.2, -0.15) is 5.10 Å². The van der Waals surface area contributed by atoms with Gasteiger partial charge in [-0.25, -0.2) is 4.79 Å². The Balaban J connectivity index is 1.45. The normalized spacial score (nSPS) is 16.8. The number of rotatable bonds is 3. The first-order valence-electron chi connectivity index (χ1n) is 8.58. The largest absolute Gasteiger partial charge is 0.322 e. The van der Waals surface area contributed by atoms with E-state index in [1.165, 1.54) is 11.5 Å². The fourth-order valence-electron chi connectivity index (χ4n) is 3.38. The summed E-state index contributed by atoms with van der Waals surface area (Å²) in [6, 6.07) is 11.9. The van der Waals surface area contributed by atoms with Gasteiger partial charge in [-0.15, -0.1) is 5.10 Å². The van der Waals surface area contributed by atoms with E-state index in [1.807, 2.05) is 46.8 Å². The van der Waals surface area contributed by atoms with Crippen LogP contribution in [0.3, 0.4) is 0 Å². The van der Waals surface area contributed by atoms with Crippen molar-refractivity contribution in [3.63, 3.8) is 0 Å². The van der Waals surface area contributed by atoms with Crippen molar-refractivity contribution in [1.82, 2.24) is 24.3 Å². The number of amides is 2. The zero-order valence-electron chi connectivity index (χ0n) is 14.7. The van der Waals surface area contributed by atoms with Crippen molar-refractivity contribution in [2.45, 2.75) is 26.3 Å². The number of carbonyl (C=O) groups is 1. The quantitative estimate of drug-likeness (QED) is 0.768. The minimum atomic E-state index is -0.114. The molecule has 3 heterocycles. The number of carbonyl (C=O) groups excluding carboxylic acids is 1. The zero-order chi connectivity index (χ0) is 18.1. The number of likely N-dealkylation sites (tertiary alicyclic amines) is 1. The van der Waals surface area contributed by atoms with Crippen molar-refractivity contribution < 1.29 is 4.79 Å². The van der Waals surface area contributed by atoms with Gasteiger partial charge >= 0.3 is 6.03 Å². The maximum absolute atomic E-state index is 12.7. The standard InChI is InChI=1S/C18H20N6OS/c1-12-10-13(2)24(21-12)15-8-9-23(11-15)18(25)19-17-16(20-22-26-17)14-6-4-3-5-7-14/h3-7,10,15H,8-9,11H2,1-2H3,(H,19,25). The highest BCUT2D eigenvalue weighted by Gasteiger charge is 2.29. The molecule has 1 fully saturated rings. The Hall–Kier alpha value is -2.74. The zero-order valence-corrected chi connectivity index (χ0v) is 15.5. The summed E-state index contributed by atoms with van der Waals surface area (Å²) in [5.74, 6) is 0. The van der Waals surface area contributed by atoms with Gasteiger partial charge in [0.15, 0.2) is 0 Å². The Labute approximate surface area is 155 Å². The molecular formula is C18H20N6OS. The molecule has 0 aliphatic carbocycles. The van der Waals surface area contributed by atoms with E-state index in [9.17, 15) is 4.79 Å². The average molecular weight is 368 g/mol. The number of urea groups is 1. The number of hydrogen-bond acceptors (Lipinski definition) is 5. The monoisotopic (exact) mass is 368 g/mol. The van der Waals surface area contributed by atoms with Crippen molar-refractivity contribution in [2.24, 2.45) is 0 Å². The maximum atomic E-state index is 12.7. The SMILES string of the molecule is Cc1cc(C)n(C2CCN(C(=O)Nc3snnc3-c3ccccc3)C2)n1. The average Bonchev–Trinajstić information content (AvgIpc) is 3.35. The molecular weight excluding hydrogens is 348 g/mol. The Morgan fingerprint density at radius 3 is 2.81 bits per heavy atom. The van der Waals surface area contributed by atoms with Gasteiger partial charge < -0.3 is 4.90 Å². The van der Waals surface area contributed by atoms with Crippen LogP contribution in [0.15, 0.2) is 36.4 Å². The molecule has 1 N–H and O–H groups in total. The molecule has 1 aliphatic heterocycles. The highest BCUT2D eigenvalue weighted by molar-refractivity contribution is 7.10. The van der Waals surface area contributed by atoms with Crippen molar-refractivity contribution in [2.75, 3.05) is 18.4 Å². The molecule has 3 aromatic rings. The molecule has 0 bridgehead atoms. The summed E-state index contributed by atoms with van der Waals surface area (Å²) in [6.45, 7) is 5.41. The molecule has 134 valence electrons. The molecule has 1 aromatic carbocycles. The number of hydrogen-bond donors (Lipinski definition) is 1. The third-order valence-corrected chi connectivity index (χ3v) is 5.24. The number of nitrogens with one attached hydrogen (secondary N) is 1. The molecule has 1 atom stereocenters. The van der Waals surface area contributed by atoms with Gasteiger partial charge in [0.05, 0.1) is 11.7 Å². The first kappa shape index (κ1) is 16.7. The van der Waals surface area contributed by atoms with Gasteiger partial charge in [-0.05, 0) is 26.3 Å². The topological polar surface area (TPSA) is 75.9 Å². The van der Waals surface area contributed by atoms with E-state index < -0.39 is 0 Å². The van der Waals surface area contributed by atoms with Crippen LogP contribution < -0.4 is 5.32 Å². The molecule has 8 heteroatoms. The fourth-order valence-corrected chi connectivity index (χ4v) is 3.96. The fraction of sp³-hybridized carbons (Fsp3) is 0.333. The van der Waals surface area contributed by atoms with E-state index in [-0.39, 0.29) is 12.1 Å². The lowest BCUT2D eigenvalue weighted by molar-refractivity contribution is 0.220.